The van der Waals surface area contributed by atoms with E-state index in [4.69, 9.17) is 0 Å². The maximum atomic E-state index is 12.2. The van der Waals surface area contributed by atoms with Gasteiger partial charge in [-0.3, -0.25) is 20.4 Å². The van der Waals surface area contributed by atoms with Crippen molar-refractivity contribution in [3.8, 4) is 5.69 Å². The minimum atomic E-state index is -3.58. The summed E-state index contributed by atoms with van der Waals surface area (Å²) in [5.41, 5.74) is 5.76. The van der Waals surface area contributed by atoms with Crippen LogP contribution in [0.1, 0.15) is 20.7 Å². The van der Waals surface area contributed by atoms with Crippen molar-refractivity contribution in [3.05, 3.63) is 66.0 Å². The molecule has 1 aromatic heterocycles. The molecular weight excluding hydrogens is 398 g/mol. The number of nitrogens with one attached hydrogen (secondary N) is 2. The molecule has 2 amide bonds. The monoisotopic (exact) mass is 415 g/mol. The number of hydrazine groups is 1. The van der Waals surface area contributed by atoms with Gasteiger partial charge in [-0.05, 0) is 59.0 Å². The van der Waals surface area contributed by atoms with Crippen LogP contribution in [0.2, 0.25) is 0 Å². The fraction of sp³-hybridized carbons (Fsp3) is 0.118. The van der Waals surface area contributed by atoms with Crippen LogP contribution in [0.3, 0.4) is 0 Å². The number of sulfonamides is 1. The molecule has 150 valence electrons. The summed E-state index contributed by atoms with van der Waals surface area (Å²) in [5, 5.41) is 10.8. The van der Waals surface area contributed by atoms with Gasteiger partial charge in [0.1, 0.15) is 6.33 Å². The first-order valence-corrected chi connectivity index (χ1v) is 9.70. The van der Waals surface area contributed by atoms with Crippen molar-refractivity contribution in [2.45, 2.75) is 4.90 Å². The van der Waals surface area contributed by atoms with E-state index in [1.165, 1.54) is 49.4 Å². The second kappa shape index (κ2) is 8.16. The third-order valence-electron chi connectivity index (χ3n) is 3.93. The van der Waals surface area contributed by atoms with E-state index in [1.807, 2.05) is 0 Å². The quantitative estimate of drug-likeness (QED) is 0.559. The lowest BCUT2D eigenvalue weighted by atomic mass is 10.2. The lowest BCUT2D eigenvalue weighted by Gasteiger charge is -2.12. The van der Waals surface area contributed by atoms with Crippen LogP contribution in [-0.2, 0) is 10.0 Å². The molecule has 3 rings (SSSR count). The summed E-state index contributed by atoms with van der Waals surface area (Å²) < 4.78 is 26.6. The molecule has 12 heteroatoms. The summed E-state index contributed by atoms with van der Waals surface area (Å²) in [6.07, 6.45) is 1.42. The predicted octanol–water partition coefficient (Wildman–Crippen LogP) is -0.0126. The van der Waals surface area contributed by atoms with Gasteiger partial charge in [-0.15, -0.1) is 5.10 Å². The summed E-state index contributed by atoms with van der Waals surface area (Å²) >= 11 is 0. The fourth-order valence-corrected chi connectivity index (χ4v) is 3.19. The Bertz CT molecular complexity index is 1110. The van der Waals surface area contributed by atoms with Crippen LogP contribution >= 0.6 is 0 Å². The highest BCUT2D eigenvalue weighted by molar-refractivity contribution is 7.89. The molecule has 0 aliphatic heterocycles. The topological polar surface area (TPSA) is 139 Å². The first-order chi connectivity index (χ1) is 13.8. The van der Waals surface area contributed by atoms with Crippen LogP contribution in [0.15, 0.2) is 59.8 Å². The molecule has 3 aromatic rings. The van der Waals surface area contributed by atoms with Crippen molar-refractivity contribution < 1.29 is 18.0 Å². The molecular formula is C17H17N7O4S. The Morgan fingerprint density at radius 3 is 1.86 bits per heavy atom. The van der Waals surface area contributed by atoms with Crippen LogP contribution in [0.4, 0.5) is 0 Å². The number of aromatic nitrogens is 4. The van der Waals surface area contributed by atoms with E-state index < -0.39 is 21.8 Å². The van der Waals surface area contributed by atoms with Gasteiger partial charge in [0.2, 0.25) is 10.0 Å². The molecule has 0 aliphatic rings. The standard InChI is InChI=1S/C17H17N7O4S/c1-23(2)29(27,28)15-9-5-13(6-10-15)17(26)20-19-16(25)12-3-7-14(8-4-12)24-11-18-21-22-24/h3-11H,1-2H3,(H,19,25)(H,20,26). The average Bonchev–Trinajstić information content (AvgIpc) is 3.26. The minimum absolute atomic E-state index is 0.0609. The molecule has 2 aromatic carbocycles. The Labute approximate surface area is 166 Å². The molecule has 0 radical (unpaired) electrons. The van der Waals surface area contributed by atoms with Gasteiger partial charge < -0.3 is 0 Å². The summed E-state index contributed by atoms with van der Waals surface area (Å²) in [7, 11) is -0.748. The molecule has 0 unspecified atom stereocenters. The largest absolute Gasteiger partial charge is 0.269 e. The second-order valence-electron chi connectivity index (χ2n) is 6.02. The third-order valence-corrected chi connectivity index (χ3v) is 5.76. The predicted molar refractivity (Wildman–Crippen MR) is 101 cm³/mol. The van der Waals surface area contributed by atoms with E-state index >= 15 is 0 Å². The number of carbonyl (C=O) groups excluding carboxylic acids is 2. The molecule has 0 aliphatic carbocycles. The molecule has 0 spiro atoms. The van der Waals surface area contributed by atoms with Crippen molar-refractivity contribution in [3.63, 3.8) is 0 Å². The van der Waals surface area contributed by atoms with E-state index in [9.17, 15) is 18.0 Å². The highest BCUT2D eigenvalue weighted by Crippen LogP contribution is 2.14. The highest BCUT2D eigenvalue weighted by Gasteiger charge is 2.17. The Balaban J connectivity index is 1.61. The van der Waals surface area contributed by atoms with Crippen LogP contribution in [0.5, 0.6) is 0 Å². The van der Waals surface area contributed by atoms with Gasteiger partial charge in [0.15, 0.2) is 0 Å². The second-order valence-corrected chi connectivity index (χ2v) is 8.17. The lowest BCUT2D eigenvalue weighted by Crippen LogP contribution is -2.41. The average molecular weight is 415 g/mol. The zero-order chi connectivity index (χ0) is 21.0. The van der Waals surface area contributed by atoms with Crippen LogP contribution < -0.4 is 10.9 Å². The number of carbonyl (C=O) groups is 2. The highest BCUT2D eigenvalue weighted by atomic mass is 32.2. The smallest absolute Gasteiger partial charge is 0.267 e. The van der Waals surface area contributed by atoms with E-state index in [-0.39, 0.29) is 10.5 Å². The molecule has 29 heavy (non-hydrogen) atoms. The van der Waals surface area contributed by atoms with E-state index in [0.29, 0.717) is 11.3 Å². The molecule has 0 saturated carbocycles. The van der Waals surface area contributed by atoms with Gasteiger partial charge >= 0.3 is 0 Å². The normalized spacial score (nSPS) is 11.3. The van der Waals surface area contributed by atoms with E-state index in [0.717, 1.165) is 4.31 Å². The minimum Gasteiger partial charge on any atom is -0.267 e. The Morgan fingerprint density at radius 2 is 1.41 bits per heavy atom. The summed E-state index contributed by atoms with van der Waals surface area (Å²) in [4.78, 5) is 24.4. The maximum Gasteiger partial charge on any atom is 0.269 e. The van der Waals surface area contributed by atoms with Gasteiger partial charge in [-0.1, -0.05) is 0 Å². The van der Waals surface area contributed by atoms with Gasteiger partial charge in [0.25, 0.3) is 11.8 Å². The van der Waals surface area contributed by atoms with Crippen LogP contribution in [-0.4, -0.2) is 58.8 Å². The zero-order valence-electron chi connectivity index (χ0n) is 15.5. The molecule has 11 nitrogen and oxygen atoms in total. The first kappa shape index (κ1) is 20.1. The Morgan fingerprint density at radius 1 is 0.897 bits per heavy atom. The molecule has 0 bridgehead atoms. The Kier molecular flexibility index (Phi) is 5.66. The lowest BCUT2D eigenvalue weighted by molar-refractivity contribution is 0.0846. The number of hydrogen-bond acceptors (Lipinski definition) is 7. The SMILES string of the molecule is CN(C)S(=O)(=O)c1ccc(C(=O)NNC(=O)c2ccc(-n3cnnn3)cc2)cc1. The van der Waals surface area contributed by atoms with Gasteiger partial charge in [-0.2, -0.15) is 0 Å². The van der Waals surface area contributed by atoms with Gasteiger partial charge in [0.05, 0.1) is 10.6 Å². The number of rotatable bonds is 5. The third kappa shape index (κ3) is 4.44. The molecule has 0 saturated heterocycles. The van der Waals surface area contributed by atoms with Crippen LogP contribution in [0, 0.1) is 0 Å². The number of amides is 2. The number of nitrogens with zero attached hydrogens (tertiary/aromatic N) is 5. The van der Waals surface area contributed by atoms with Gasteiger partial charge in [0, 0.05) is 25.2 Å². The molecule has 0 atom stereocenters. The first-order valence-electron chi connectivity index (χ1n) is 8.26. The summed E-state index contributed by atoms with van der Waals surface area (Å²) in [5.74, 6) is -1.11. The van der Waals surface area contributed by atoms with Crippen molar-refractivity contribution >= 4 is 21.8 Å². The van der Waals surface area contributed by atoms with Gasteiger partial charge in [-0.25, -0.2) is 17.4 Å². The fourth-order valence-electron chi connectivity index (χ4n) is 2.29. The molecule has 2 N–H and O–H groups in total. The van der Waals surface area contributed by atoms with Crippen molar-refractivity contribution in [1.29, 1.82) is 0 Å². The molecule has 1 heterocycles. The van der Waals surface area contributed by atoms with Crippen molar-refractivity contribution in [2.75, 3.05) is 14.1 Å². The maximum absolute atomic E-state index is 12.2. The number of tetrazole rings is 1. The van der Waals surface area contributed by atoms with Crippen molar-refractivity contribution in [2.24, 2.45) is 0 Å². The van der Waals surface area contributed by atoms with Crippen molar-refractivity contribution in [1.82, 2.24) is 35.4 Å². The summed E-state index contributed by atoms with van der Waals surface area (Å²) in [6, 6.07) is 11.8. The zero-order valence-corrected chi connectivity index (χ0v) is 16.3. The number of hydrogen-bond donors (Lipinski definition) is 2. The summed E-state index contributed by atoms with van der Waals surface area (Å²) in [6.45, 7) is 0. The van der Waals surface area contributed by atoms with Crippen LogP contribution in [0.25, 0.3) is 5.69 Å². The Hall–Kier alpha value is -3.64. The molecule has 0 fully saturated rings. The number of benzene rings is 2. The van der Waals surface area contributed by atoms with E-state index in [1.54, 1.807) is 24.3 Å². The van der Waals surface area contributed by atoms with E-state index in [2.05, 4.69) is 26.4 Å².